The first-order valence-electron chi connectivity index (χ1n) is 8.10. The molecule has 6 N–H and O–H groups in total. The highest BCUT2D eigenvalue weighted by molar-refractivity contribution is 7.98. The second-order valence-electron chi connectivity index (χ2n) is 5.89. The molecule has 0 saturated carbocycles. The van der Waals surface area contributed by atoms with Crippen molar-refractivity contribution in [1.82, 2.24) is 10.6 Å². The smallest absolute Gasteiger partial charge is 0.325 e. The molecule has 3 atom stereocenters. The van der Waals surface area contributed by atoms with Gasteiger partial charge in [0.05, 0.1) is 6.04 Å². The topological polar surface area (TPSA) is 142 Å². The van der Waals surface area contributed by atoms with Gasteiger partial charge in [0.15, 0.2) is 0 Å². The van der Waals surface area contributed by atoms with Crippen LogP contribution >= 0.6 is 11.8 Å². The predicted molar refractivity (Wildman–Crippen MR) is 100.0 cm³/mol. The third-order valence-corrected chi connectivity index (χ3v) is 4.35. The lowest BCUT2D eigenvalue weighted by molar-refractivity contribution is -0.141. The summed E-state index contributed by atoms with van der Waals surface area (Å²) in [6.07, 6.45) is 2.47. The van der Waals surface area contributed by atoms with Crippen molar-refractivity contribution in [2.45, 2.75) is 37.9 Å². The van der Waals surface area contributed by atoms with Crippen molar-refractivity contribution in [1.29, 1.82) is 0 Å². The second-order valence-corrected chi connectivity index (χ2v) is 6.87. The van der Waals surface area contributed by atoms with E-state index in [0.717, 1.165) is 5.56 Å². The second kappa shape index (κ2) is 10.7. The van der Waals surface area contributed by atoms with Crippen molar-refractivity contribution in [3.8, 4) is 5.75 Å². The van der Waals surface area contributed by atoms with E-state index in [1.54, 1.807) is 12.1 Å². The number of phenolic OH excluding ortho intramolecular Hbond substituents is 1. The van der Waals surface area contributed by atoms with Crippen LogP contribution in [0, 0.1) is 0 Å². The van der Waals surface area contributed by atoms with E-state index in [4.69, 9.17) is 10.8 Å². The van der Waals surface area contributed by atoms with Gasteiger partial charge in [-0.2, -0.15) is 11.8 Å². The van der Waals surface area contributed by atoms with Crippen LogP contribution in [0.2, 0.25) is 0 Å². The number of amides is 2. The standard InChI is InChI=1S/C17H25N3O5S/c1-10(17(24)25)19-16(23)14(7-8-26-2)20-15(22)13(18)9-11-3-5-12(21)6-4-11/h3-6,10,13-14,21H,7-9,18H2,1-2H3,(H,19,23)(H,20,22)(H,24,25)/t10-,13-,14-/m0/s1. The summed E-state index contributed by atoms with van der Waals surface area (Å²) in [6.45, 7) is 1.35. The van der Waals surface area contributed by atoms with E-state index in [-0.39, 0.29) is 12.2 Å². The SMILES string of the molecule is CSCC[C@H](NC(=O)[C@@H](N)Cc1ccc(O)cc1)C(=O)N[C@@H](C)C(=O)O. The Labute approximate surface area is 156 Å². The Morgan fingerprint density at radius 2 is 1.77 bits per heavy atom. The van der Waals surface area contributed by atoms with Crippen molar-refractivity contribution in [3.05, 3.63) is 29.8 Å². The van der Waals surface area contributed by atoms with Gasteiger partial charge in [0.1, 0.15) is 17.8 Å². The number of aliphatic carboxylic acids is 1. The summed E-state index contributed by atoms with van der Waals surface area (Å²) in [4.78, 5) is 35.5. The zero-order valence-electron chi connectivity index (χ0n) is 14.8. The average molecular weight is 383 g/mol. The minimum atomic E-state index is -1.16. The van der Waals surface area contributed by atoms with Crippen molar-refractivity contribution in [2.75, 3.05) is 12.0 Å². The Balaban J connectivity index is 2.69. The highest BCUT2D eigenvalue weighted by Gasteiger charge is 2.26. The molecule has 0 fully saturated rings. The Bertz CT molecular complexity index is 623. The number of nitrogens with one attached hydrogen (secondary N) is 2. The fourth-order valence-electron chi connectivity index (χ4n) is 2.14. The van der Waals surface area contributed by atoms with Crippen LogP contribution in [-0.2, 0) is 20.8 Å². The van der Waals surface area contributed by atoms with Crippen molar-refractivity contribution < 1.29 is 24.6 Å². The van der Waals surface area contributed by atoms with Crippen molar-refractivity contribution >= 4 is 29.5 Å². The van der Waals surface area contributed by atoms with E-state index in [2.05, 4.69) is 10.6 Å². The number of thioether (sulfide) groups is 1. The van der Waals surface area contributed by atoms with Gasteiger partial charge in [0.25, 0.3) is 0 Å². The lowest BCUT2D eigenvalue weighted by Crippen LogP contribution is -2.54. The van der Waals surface area contributed by atoms with E-state index in [0.29, 0.717) is 12.2 Å². The molecule has 0 aromatic heterocycles. The van der Waals surface area contributed by atoms with Crippen LogP contribution in [0.1, 0.15) is 18.9 Å². The molecule has 1 aromatic rings. The van der Waals surface area contributed by atoms with Gasteiger partial charge in [0, 0.05) is 0 Å². The lowest BCUT2D eigenvalue weighted by Gasteiger charge is -2.21. The third kappa shape index (κ3) is 7.32. The summed E-state index contributed by atoms with van der Waals surface area (Å²) in [5.41, 5.74) is 6.68. The third-order valence-electron chi connectivity index (χ3n) is 3.70. The van der Waals surface area contributed by atoms with Crippen LogP contribution in [0.25, 0.3) is 0 Å². The summed E-state index contributed by atoms with van der Waals surface area (Å²) in [6, 6.07) is 3.54. The molecule has 0 aliphatic heterocycles. The summed E-state index contributed by atoms with van der Waals surface area (Å²) >= 11 is 1.51. The van der Waals surface area contributed by atoms with E-state index in [1.807, 2.05) is 6.26 Å². The van der Waals surface area contributed by atoms with E-state index >= 15 is 0 Å². The maximum absolute atomic E-state index is 12.3. The van der Waals surface area contributed by atoms with Crippen LogP contribution in [0.3, 0.4) is 0 Å². The number of carbonyl (C=O) groups is 3. The van der Waals surface area contributed by atoms with Gasteiger partial charge in [-0.05, 0) is 49.5 Å². The van der Waals surface area contributed by atoms with Gasteiger partial charge < -0.3 is 26.6 Å². The van der Waals surface area contributed by atoms with Gasteiger partial charge >= 0.3 is 5.97 Å². The molecule has 8 nitrogen and oxygen atoms in total. The predicted octanol–water partition coefficient (Wildman–Crippen LogP) is 0.0892. The Kier molecular flexibility index (Phi) is 8.94. The number of aromatic hydroxyl groups is 1. The highest BCUT2D eigenvalue weighted by Crippen LogP contribution is 2.11. The molecule has 0 heterocycles. The van der Waals surface area contributed by atoms with E-state index in [1.165, 1.54) is 30.8 Å². The first-order valence-corrected chi connectivity index (χ1v) is 9.50. The molecule has 0 saturated heterocycles. The molecule has 0 spiro atoms. The average Bonchev–Trinajstić information content (AvgIpc) is 2.59. The first kappa shape index (κ1) is 21.8. The molecule has 0 aliphatic rings. The molecule has 2 amide bonds. The van der Waals surface area contributed by atoms with Crippen LogP contribution in [0.4, 0.5) is 0 Å². The Morgan fingerprint density at radius 3 is 2.31 bits per heavy atom. The van der Waals surface area contributed by atoms with Crippen molar-refractivity contribution in [2.24, 2.45) is 5.73 Å². The Morgan fingerprint density at radius 1 is 1.15 bits per heavy atom. The molecule has 1 rings (SSSR count). The van der Waals surface area contributed by atoms with E-state index in [9.17, 15) is 19.5 Å². The van der Waals surface area contributed by atoms with Gasteiger partial charge in [-0.15, -0.1) is 0 Å². The number of carboxylic acids is 1. The number of benzene rings is 1. The maximum atomic E-state index is 12.3. The minimum absolute atomic E-state index is 0.119. The molecule has 0 aliphatic carbocycles. The zero-order chi connectivity index (χ0) is 19.7. The van der Waals surface area contributed by atoms with E-state index < -0.39 is 35.9 Å². The largest absolute Gasteiger partial charge is 0.508 e. The van der Waals surface area contributed by atoms with Crippen LogP contribution in [0.5, 0.6) is 5.75 Å². The summed E-state index contributed by atoms with van der Waals surface area (Å²) in [5, 5.41) is 23.1. The highest BCUT2D eigenvalue weighted by atomic mass is 32.2. The summed E-state index contributed by atoms with van der Waals surface area (Å²) in [5.74, 6) is -1.47. The van der Waals surface area contributed by atoms with Crippen molar-refractivity contribution in [3.63, 3.8) is 0 Å². The number of nitrogens with two attached hydrogens (primary N) is 1. The first-order chi connectivity index (χ1) is 12.2. The lowest BCUT2D eigenvalue weighted by atomic mass is 10.1. The van der Waals surface area contributed by atoms with Crippen LogP contribution < -0.4 is 16.4 Å². The van der Waals surface area contributed by atoms with Gasteiger partial charge in [-0.25, -0.2) is 0 Å². The normalized spacial score (nSPS) is 14.1. The molecule has 144 valence electrons. The molecular formula is C17H25N3O5S. The molecule has 26 heavy (non-hydrogen) atoms. The maximum Gasteiger partial charge on any atom is 0.325 e. The van der Waals surface area contributed by atoms with Gasteiger partial charge in [0.2, 0.25) is 11.8 Å². The molecular weight excluding hydrogens is 358 g/mol. The van der Waals surface area contributed by atoms with Crippen LogP contribution in [0.15, 0.2) is 24.3 Å². The quantitative estimate of drug-likeness (QED) is 0.385. The molecule has 0 radical (unpaired) electrons. The summed E-state index contributed by atoms with van der Waals surface area (Å²) in [7, 11) is 0. The minimum Gasteiger partial charge on any atom is -0.508 e. The molecule has 9 heteroatoms. The fourth-order valence-corrected chi connectivity index (χ4v) is 2.61. The number of hydrogen-bond donors (Lipinski definition) is 5. The molecule has 0 unspecified atom stereocenters. The monoisotopic (exact) mass is 383 g/mol. The molecule has 0 bridgehead atoms. The summed E-state index contributed by atoms with van der Waals surface area (Å²) < 4.78 is 0. The Hall–Kier alpha value is -2.26. The zero-order valence-corrected chi connectivity index (χ0v) is 15.6. The number of phenols is 1. The number of carbonyl (C=O) groups excluding carboxylic acids is 2. The van der Waals surface area contributed by atoms with Gasteiger partial charge in [-0.3, -0.25) is 14.4 Å². The fraction of sp³-hybridized carbons (Fsp3) is 0.471. The number of carboxylic acid groups (broad SMARTS) is 1. The number of hydrogen-bond acceptors (Lipinski definition) is 6. The van der Waals surface area contributed by atoms with Crippen LogP contribution in [-0.4, -0.2) is 58.1 Å². The van der Waals surface area contributed by atoms with Gasteiger partial charge in [-0.1, -0.05) is 12.1 Å². The number of rotatable bonds is 10. The molecule has 1 aromatic carbocycles.